The van der Waals surface area contributed by atoms with Crippen LogP contribution >= 0.6 is 0 Å². The summed E-state index contributed by atoms with van der Waals surface area (Å²) in [5.41, 5.74) is 22.1. The second kappa shape index (κ2) is 37.3. The fraction of sp³-hybridized carbons (Fsp3) is 0.152. The molecule has 15 rings (SSSR count). The van der Waals surface area contributed by atoms with E-state index in [-0.39, 0.29) is 38.8 Å². The Morgan fingerprint density at radius 2 is 0.362 bits per heavy atom. The third-order valence-corrected chi connectivity index (χ3v) is 26.6. The first kappa shape index (κ1) is 81.6. The van der Waals surface area contributed by atoms with Gasteiger partial charge in [0.2, 0.25) is 0 Å². The fourth-order valence-corrected chi connectivity index (χ4v) is 18.3. The van der Waals surface area contributed by atoms with Crippen LogP contribution in [0, 0.1) is 17.5 Å². The van der Waals surface area contributed by atoms with E-state index in [0.29, 0.717) is 39.6 Å². The maximum absolute atomic E-state index is 14.6. The van der Waals surface area contributed by atoms with Crippen molar-refractivity contribution in [3.63, 3.8) is 0 Å². The zero-order valence-electron chi connectivity index (χ0n) is 67.4. The van der Waals surface area contributed by atoms with Crippen LogP contribution in [0.5, 0.6) is 0 Å². The number of nitrogens with zero attached hydrogens (tertiary/aromatic N) is 2. The van der Waals surface area contributed by atoms with Gasteiger partial charge in [-0.25, -0.2) is 13.2 Å². The standard InChI is InChI=1S/C51H54F3NSi3.C48H42B3NO6/c1-56(2,3)49-34-40(22-31-46(49)52)13-10-37-16-25-43(26-17-37)55(44-27-18-38(19-28-44)11-14-41-23-32-47(53)50(35-41)57(4,5)6)45-29-20-39(21-30-45)12-15-42-24-33-48(54)51(36-42)58(7,8)9;1(37-7-19-43(20-8-37)49-53-31-32-54-49)4-40-13-25-46(26-14-40)52(47-27-15-41(16-28-47)5-2-38-9-21-44(22-10-38)50-55-33-34-56-50)48-29-17-42(18-30-48)6-3-39-11-23-45(24-12-39)51-57-35-36-58-51/h10-36H,1-9H3;1-30H,31-36H2/b13-10+,14-11+,15-12+;4-1+,5-2+,6-3+. The SMILES string of the molecule is C(=C\c1ccc(N(c2ccc(/C=C/c3ccc(B4OCCO4)cc3)cc2)c2ccc(/C=C/c3ccc(B4OCCO4)cc3)cc2)cc1)/c1ccc(B2OCCO2)cc1.C[Si](C)(C)c1cc(/C=C/c2ccc(N(c3ccc(/C=C/c4ccc(F)c([Si](C)(C)C)c4)cc3)c3ccc(/C=C/c4ccc(F)c([Si](C)(C)C)c4)cc3)cc2)ccc1F. The summed E-state index contributed by atoms with van der Waals surface area (Å²) in [6, 6.07) is 92.5. The maximum Gasteiger partial charge on any atom is 0.494 e. The van der Waals surface area contributed by atoms with Gasteiger partial charge in [-0.2, -0.15) is 0 Å². The van der Waals surface area contributed by atoms with Gasteiger partial charge in [0.25, 0.3) is 0 Å². The van der Waals surface area contributed by atoms with Crippen molar-refractivity contribution < 1.29 is 41.1 Å². The molecule has 116 heavy (non-hydrogen) atoms. The lowest BCUT2D eigenvalue weighted by Crippen LogP contribution is -2.40. The van der Waals surface area contributed by atoms with Crippen molar-refractivity contribution in [2.24, 2.45) is 0 Å². The maximum atomic E-state index is 14.6. The van der Waals surface area contributed by atoms with Gasteiger partial charge < -0.3 is 37.7 Å². The van der Waals surface area contributed by atoms with E-state index in [1.165, 1.54) is 0 Å². The first-order valence-corrected chi connectivity index (χ1v) is 50.2. The van der Waals surface area contributed by atoms with Crippen molar-refractivity contribution in [3.8, 4) is 0 Å². The van der Waals surface area contributed by atoms with Crippen molar-refractivity contribution in [1.82, 2.24) is 0 Å². The summed E-state index contributed by atoms with van der Waals surface area (Å²) in [7, 11) is -6.23. The van der Waals surface area contributed by atoms with E-state index in [9.17, 15) is 13.2 Å². The van der Waals surface area contributed by atoms with Crippen LogP contribution in [0.15, 0.2) is 273 Å². The monoisotopic (exact) mass is 1580 g/mol. The van der Waals surface area contributed by atoms with Gasteiger partial charge in [0.05, 0.1) is 63.9 Å². The van der Waals surface area contributed by atoms with Gasteiger partial charge in [-0.15, -0.1) is 0 Å². The number of hydrogen-bond donors (Lipinski definition) is 0. The quantitative estimate of drug-likeness (QED) is 0.0438. The van der Waals surface area contributed by atoms with Crippen LogP contribution in [-0.2, 0) is 27.9 Å². The normalized spacial score (nSPS) is 14.2. The van der Waals surface area contributed by atoms with Crippen LogP contribution in [-0.4, -0.2) is 85.2 Å². The molecule has 3 saturated heterocycles. The van der Waals surface area contributed by atoms with Crippen LogP contribution in [0.25, 0.3) is 72.9 Å². The Bertz CT molecular complexity index is 4950. The molecule has 3 fully saturated rings. The molecule has 17 heteroatoms. The molecule has 0 radical (unpaired) electrons. The summed E-state index contributed by atoms with van der Waals surface area (Å²) in [5.74, 6) is -0.370. The van der Waals surface area contributed by atoms with E-state index in [4.69, 9.17) is 27.9 Å². The lowest BCUT2D eigenvalue weighted by Gasteiger charge is -2.26. The number of benzene rings is 12. The number of halogens is 3. The highest BCUT2D eigenvalue weighted by atomic mass is 28.3. The van der Waals surface area contributed by atoms with Gasteiger partial charge in [0, 0.05) is 34.1 Å². The van der Waals surface area contributed by atoms with Gasteiger partial charge in [-0.1, -0.05) is 314 Å². The molecule has 8 nitrogen and oxygen atoms in total. The summed E-state index contributed by atoms with van der Waals surface area (Å²) in [5, 5.41) is 2.51. The van der Waals surface area contributed by atoms with E-state index in [0.717, 1.165) is 133 Å². The van der Waals surface area contributed by atoms with E-state index in [2.05, 4.69) is 342 Å². The largest absolute Gasteiger partial charge is 0.494 e. The van der Waals surface area contributed by atoms with E-state index < -0.39 is 24.2 Å². The summed E-state index contributed by atoms with van der Waals surface area (Å²) in [6.07, 6.45) is 25.2. The minimum absolute atomic E-state index is 0.123. The van der Waals surface area contributed by atoms with E-state index in [1.807, 2.05) is 54.6 Å². The van der Waals surface area contributed by atoms with Gasteiger partial charge >= 0.3 is 21.4 Å². The van der Waals surface area contributed by atoms with E-state index in [1.54, 1.807) is 18.2 Å². The highest BCUT2D eigenvalue weighted by Crippen LogP contribution is 2.38. The molecular formula is C99H96B3F3N2O6Si3. The summed E-state index contributed by atoms with van der Waals surface area (Å²) >= 11 is 0. The Hall–Kier alpha value is -10.9. The molecule has 3 aliphatic heterocycles. The average Bonchev–Trinajstić information content (AvgIpc) is 0.951. The zero-order chi connectivity index (χ0) is 80.8. The summed E-state index contributed by atoms with van der Waals surface area (Å²) < 4.78 is 77.6. The molecule has 0 unspecified atom stereocenters. The lowest BCUT2D eigenvalue weighted by atomic mass is 9.79. The third-order valence-electron chi connectivity index (χ3n) is 20.6. The second-order valence-electron chi connectivity index (χ2n) is 32.4. The Morgan fingerprint density at radius 3 is 0.526 bits per heavy atom. The zero-order valence-corrected chi connectivity index (χ0v) is 70.4. The molecule has 0 aliphatic carbocycles. The second-order valence-corrected chi connectivity index (χ2v) is 47.5. The van der Waals surface area contributed by atoms with Crippen molar-refractivity contribution in [2.75, 3.05) is 49.4 Å². The predicted molar refractivity (Wildman–Crippen MR) is 495 cm³/mol. The Kier molecular flexibility index (Phi) is 26.3. The molecule has 12 aromatic carbocycles. The van der Waals surface area contributed by atoms with Crippen molar-refractivity contribution in [3.05, 3.63) is 357 Å². The van der Waals surface area contributed by atoms with Gasteiger partial charge in [0.15, 0.2) is 0 Å². The smallest absolute Gasteiger partial charge is 0.405 e. The molecule has 0 spiro atoms. The highest BCUT2D eigenvalue weighted by molar-refractivity contribution is 6.89. The molecule has 3 aliphatic rings. The molecule has 0 atom stereocenters. The molecule has 12 aromatic rings. The lowest BCUT2D eigenvalue weighted by molar-refractivity contribution is 0.365. The Labute approximate surface area is 686 Å². The van der Waals surface area contributed by atoms with Crippen LogP contribution in [0.2, 0.25) is 58.9 Å². The third kappa shape index (κ3) is 21.6. The molecule has 3 heterocycles. The summed E-state index contributed by atoms with van der Waals surface area (Å²) in [6.45, 7) is 23.3. The van der Waals surface area contributed by atoms with Crippen molar-refractivity contribution >= 4 is 185 Å². The highest BCUT2D eigenvalue weighted by Gasteiger charge is 2.29. The van der Waals surface area contributed by atoms with Gasteiger partial charge in [-0.05, 0) is 190 Å². The topological polar surface area (TPSA) is 61.9 Å². The van der Waals surface area contributed by atoms with Crippen molar-refractivity contribution in [2.45, 2.75) is 58.9 Å². The molecule has 0 N–H and O–H groups in total. The molecule has 0 bridgehead atoms. The Morgan fingerprint density at radius 1 is 0.216 bits per heavy atom. The summed E-state index contributed by atoms with van der Waals surface area (Å²) in [4.78, 5) is 4.52. The number of anilines is 6. The van der Waals surface area contributed by atoms with Gasteiger partial charge in [-0.3, -0.25) is 0 Å². The average molecular weight is 1580 g/mol. The van der Waals surface area contributed by atoms with E-state index >= 15 is 0 Å². The number of hydrogen-bond acceptors (Lipinski definition) is 8. The van der Waals surface area contributed by atoms with Crippen LogP contribution in [0.3, 0.4) is 0 Å². The minimum atomic E-state index is -1.82. The predicted octanol–water partition coefficient (Wildman–Crippen LogP) is 21.6. The number of rotatable bonds is 24. The molecule has 580 valence electrons. The molecular weight excluding hydrogens is 1490 g/mol. The van der Waals surface area contributed by atoms with Gasteiger partial charge in [0.1, 0.15) is 17.5 Å². The molecule has 0 aromatic heterocycles. The Balaban J connectivity index is 0.000000191. The van der Waals surface area contributed by atoms with Crippen LogP contribution < -0.4 is 41.7 Å². The first-order chi connectivity index (χ1) is 56.0. The van der Waals surface area contributed by atoms with Crippen LogP contribution in [0.4, 0.5) is 47.3 Å². The molecule has 0 amide bonds. The van der Waals surface area contributed by atoms with Crippen molar-refractivity contribution in [1.29, 1.82) is 0 Å². The van der Waals surface area contributed by atoms with Crippen LogP contribution in [0.1, 0.15) is 66.8 Å². The minimum Gasteiger partial charge on any atom is -0.405 e. The fourth-order valence-electron chi connectivity index (χ4n) is 14.1. The first-order valence-electron chi connectivity index (χ1n) is 39.7. The molecule has 0 saturated carbocycles.